The zero-order chi connectivity index (χ0) is 19.6. The summed E-state index contributed by atoms with van der Waals surface area (Å²) in [6.07, 6.45) is 0. The highest BCUT2D eigenvalue weighted by Crippen LogP contribution is 2.14. The average Bonchev–Trinajstić information content (AvgIpc) is 2.93. The molecule has 0 bridgehead atoms. The summed E-state index contributed by atoms with van der Waals surface area (Å²) in [6, 6.07) is 8.12. The molecule has 8 nitrogen and oxygen atoms in total. The number of carbonyl (C=O) groups is 3. The van der Waals surface area contributed by atoms with E-state index in [1.54, 1.807) is 31.2 Å². The van der Waals surface area contributed by atoms with Crippen molar-refractivity contribution < 1.29 is 14.4 Å². The number of urea groups is 1. The van der Waals surface area contributed by atoms with Crippen molar-refractivity contribution in [1.29, 1.82) is 0 Å². The minimum absolute atomic E-state index is 0.0123. The lowest BCUT2D eigenvalue weighted by Crippen LogP contribution is -2.32. The lowest BCUT2D eigenvalue weighted by atomic mass is 10.1. The van der Waals surface area contributed by atoms with Crippen molar-refractivity contribution in [3.05, 3.63) is 68.6 Å². The summed E-state index contributed by atoms with van der Waals surface area (Å²) in [5.41, 5.74) is 2.71. The van der Waals surface area contributed by atoms with E-state index in [9.17, 15) is 19.2 Å². The van der Waals surface area contributed by atoms with Crippen LogP contribution >= 0.6 is 0 Å². The van der Waals surface area contributed by atoms with Gasteiger partial charge in [-0.25, -0.2) is 4.79 Å². The van der Waals surface area contributed by atoms with E-state index in [0.29, 0.717) is 16.7 Å². The molecule has 1 saturated heterocycles. The maximum atomic E-state index is 12.6. The molecule has 0 radical (unpaired) electrons. The number of aromatic nitrogens is 1. The molecule has 1 fully saturated rings. The van der Waals surface area contributed by atoms with Crippen molar-refractivity contribution in [2.75, 3.05) is 6.54 Å². The Balaban J connectivity index is 1.77. The number of nitrogens with zero attached hydrogens (tertiary/aromatic N) is 1. The number of rotatable bonds is 5. The highest BCUT2D eigenvalue weighted by molar-refractivity contribution is 6.02. The summed E-state index contributed by atoms with van der Waals surface area (Å²) >= 11 is 0. The van der Waals surface area contributed by atoms with Gasteiger partial charge in [-0.15, -0.1) is 0 Å². The SMILES string of the molecule is Cc1cc(C)c(CNC(=O)c2ccccc2CN2C(=O)CNC2=O)c(=O)[nH]1. The van der Waals surface area contributed by atoms with Crippen molar-refractivity contribution in [3.8, 4) is 0 Å². The highest BCUT2D eigenvalue weighted by Gasteiger charge is 2.29. The van der Waals surface area contributed by atoms with Crippen LogP contribution < -0.4 is 16.2 Å². The van der Waals surface area contributed by atoms with E-state index in [0.717, 1.165) is 16.2 Å². The number of carbonyl (C=O) groups excluding carboxylic acids is 3. The Kier molecular flexibility index (Phi) is 5.07. The first kappa shape index (κ1) is 18.4. The molecule has 2 aromatic rings. The van der Waals surface area contributed by atoms with Gasteiger partial charge in [0, 0.05) is 23.4 Å². The van der Waals surface area contributed by atoms with E-state index < -0.39 is 6.03 Å². The largest absolute Gasteiger partial charge is 0.348 e. The van der Waals surface area contributed by atoms with Gasteiger partial charge in [-0.05, 0) is 37.1 Å². The van der Waals surface area contributed by atoms with Crippen molar-refractivity contribution >= 4 is 17.8 Å². The molecule has 1 aliphatic heterocycles. The van der Waals surface area contributed by atoms with E-state index in [2.05, 4.69) is 15.6 Å². The van der Waals surface area contributed by atoms with Gasteiger partial charge in [-0.1, -0.05) is 18.2 Å². The van der Waals surface area contributed by atoms with Crippen LogP contribution in [0, 0.1) is 13.8 Å². The molecule has 1 aromatic heterocycles. The zero-order valence-corrected chi connectivity index (χ0v) is 15.1. The highest BCUT2D eigenvalue weighted by atomic mass is 16.2. The standard InChI is InChI=1S/C19H20N4O4/c1-11-7-12(2)22-18(26)15(11)8-20-17(25)14-6-4-3-5-13(14)10-23-16(24)9-21-19(23)27/h3-7H,8-10H2,1-2H3,(H,20,25)(H,21,27)(H,22,26). The molecule has 3 rings (SSSR count). The van der Waals surface area contributed by atoms with Gasteiger partial charge in [0.1, 0.15) is 0 Å². The second-order valence-electron chi connectivity index (χ2n) is 6.42. The van der Waals surface area contributed by atoms with Gasteiger partial charge in [-0.2, -0.15) is 0 Å². The molecule has 0 saturated carbocycles. The summed E-state index contributed by atoms with van der Waals surface area (Å²) in [5.74, 6) is -0.714. The number of pyridine rings is 1. The predicted octanol–water partition coefficient (Wildman–Crippen LogP) is 0.974. The Labute approximate surface area is 155 Å². The predicted molar refractivity (Wildman–Crippen MR) is 98.1 cm³/mol. The van der Waals surface area contributed by atoms with Crippen LogP contribution in [-0.2, 0) is 17.9 Å². The minimum atomic E-state index is -0.475. The van der Waals surface area contributed by atoms with E-state index >= 15 is 0 Å². The maximum Gasteiger partial charge on any atom is 0.324 e. The minimum Gasteiger partial charge on any atom is -0.348 e. The number of hydrogen-bond acceptors (Lipinski definition) is 4. The molecule has 140 valence electrons. The lowest BCUT2D eigenvalue weighted by molar-refractivity contribution is -0.125. The second kappa shape index (κ2) is 7.45. The van der Waals surface area contributed by atoms with Gasteiger partial charge in [0.2, 0.25) is 5.91 Å². The van der Waals surface area contributed by atoms with Crippen LogP contribution in [0.2, 0.25) is 0 Å². The lowest BCUT2D eigenvalue weighted by Gasteiger charge is -2.15. The van der Waals surface area contributed by atoms with Crippen LogP contribution in [0.3, 0.4) is 0 Å². The van der Waals surface area contributed by atoms with Gasteiger partial charge in [0.25, 0.3) is 11.5 Å². The Morgan fingerprint density at radius 3 is 2.59 bits per heavy atom. The monoisotopic (exact) mass is 368 g/mol. The summed E-state index contributed by atoms with van der Waals surface area (Å²) in [6.45, 7) is 3.66. The first-order chi connectivity index (χ1) is 12.9. The molecule has 1 aliphatic rings. The Bertz CT molecular complexity index is 964. The van der Waals surface area contributed by atoms with Crippen LogP contribution in [0.4, 0.5) is 4.79 Å². The van der Waals surface area contributed by atoms with Crippen molar-refractivity contribution in [1.82, 2.24) is 20.5 Å². The van der Waals surface area contributed by atoms with Gasteiger partial charge in [0.05, 0.1) is 13.1 Å². The molecule has 0 unspecified atom stereocenters. The Hall–Kier alpha value is -3.42. The molecular weight excluding hydrogens is 348 g/mol. The van der Waals surface area contributed by atoms with Gasteiger partial charge >= 0.3 is 6.03 Å². The molecule has 0 atom stereocenters. The third-order valence-corrected chi connectivity index (χ3v) is 4.45. The topological polar surface area (TPSA) is 111 Å². The quantitative estimate of drug-likeness (QED) is 0.683. The summed E-state index contributed by atoms with van der Waals surface area (Å²) in [7, 11) is 0. The van der Waals surface area contributed by atoms with E-state index in [1.165, 1.54) is 0 Å². The smallest absolute Gasteiger partial charge is 0.324 e. The first-order valence-corrected chi connectivity index (χ1v) is 8.50. The van der Waals surface area contributed by atoms with Crippen molar-refractivity contribution in [2.45, 2.75) is 26.9 Å². The van der Waals surface area contributed by atoms with Crippen LogP contribution in [-0.4, -0.2) is 34.3 Å². The summed E-state index contributed by atoms with van der Waals surface area (Å²) in [5, 5.41) is 5.19. The number of aryl methyl sites for hydroxylation is 2. The molecule has 3 N–H and O–H groups in total. The third kappa shape index (κ3) is 3.89. The molecular formula is C19H20N4O4. The van der Waals surface area contributed by atoms with Crippen LogP contribution in [0.1, 0.15) is 32.7 Å². The number of H-pyrrole nitrogens is 1. The number of amides is 4. The van der Waals surface area contributed by atoms with Gasteiger partial charge in [0.15, 0.2) is 0 Å². The van der Waals surface area contributed by atoms with Gasteiger partial charge < -0.3 is 15.6 Å². The molecule has 27 heavy (non-hydrogen) atoms. The number of benzene rings is 1. The Morgan fingerprint density at radius 1 is 1.19 bits per heavy atom. The molecule has 4 amide bonds. The maximum absolute atomic E-state index is 12.6. The fourth-order valence-corrected chi connectivity index (χ4v) is 3.03. The molecule has 2 heterocycles. The number of imide groups is 1. The van der Waals surface area contributed by atoms with Crippen LogP contribution in [0.25, 0.3) is 0 Å². The second-order valence-corrected chi connectivity index (χ2v) is 6.42. The average molecular weight is 368 g/mol. The fourth-order valence-electron chi connectivity index (χ4n) is 3.03. The van der Waals surface area contributed by atoms with E-state index in [4.69, 9.17) is 0 Å². The van der Waals surface area contributed by atoms with Crippen LogP contribution in [0.15, 0.2) is 35.1 Å². The molecule has 0 aliphatic carbocycles. The molecule has 0 spiro atoms. The summed E-state index contributed by atoms with van der Waals surface area (Å²) in [4.78, 5) is 52.0. The zero-order valence-electron chi connectivity index (χ0n) is 15.1. The molecule has 8 heteroatoms. The van der Waals surface area contributed by atoms with Gasteiger partial charge in [-0.3, -0.25) is 19.3 Å². The fraction of sp³-hybridized carbons (Fsp3) is 0.263. The Morgan fingerprint density at radius 2 is 1.93 bits per heavy atom. The third-order valence-electron chi connectivity index (χ3n) is 4.45. The molecule has 1 aromatic carbocycles. The number of nitrogens with one attached hydrogen (secondary N) is 3. The van der Waals surface area contributed by atoms with Crippen molar-refractivity contribution in [3.63, 3.8) is 0 Å². The number of hydrogen-bond donors (Lipinski definition) is 3. The number of aromatic amines is 1. The van der Waals surface area contributed by atoms with Crippen LogP contribution in [0.5, 0.6) is 0 Å². The normalized spacial score (nSPS) is 13.6. The van der Waals surface area contributed by atoms with Crippen molar-refractivity contribution in [2.24, 2.45) is 0 Å². The van der Waals surface area contributed by atoms with E-state index in [1.807, 2.05) is 13.0 Å². The first-order valence-electron chi connectivity index (χ1n) is 8.50. The summed E-state index contributed by atoms with van der Waals surface area (Å²) < 4.78 is 0. The van der Waals surface area contributed by atoms with E-state index in [-0.39, 0.29) is 37.0 Å².